The first-order valence-electron chi connectivity index (χ1n) is 2.92. The van der Waals surface area contributed by atoms with Crippen LogP contribution in [0.5, 0.6) is 0 Å². The summed E-state index contributed by atoms with van der Waals surface area (Å²) >= 11 is 3.92. The van der Waals surface area contributed by atoms with Crippen molar-refractivity contribution in [3.8, 4) is 0 Å². The first kappa shape index (κ1) is 9.49. The molecule has 0 bridgehead atoms. The molecule has 4 heteroatoms. The van der Waals surface area contributed by atoms with Crippen LogP contribution in [0.3, 0.4) is 0 Å². The average molecular weight is 161 g/mol. The number of carbonyl (C=O) groups is 2. The van der Waals surface area contributed by atoms with Crippen LogP contribution in [0.1, 0.15) is 6.42 Å². The van der Waals surface area contributed by atoms with Crippen molar-refractivity contribution in [3.05, 3.63) is 0 Å². The Kier molecular flexibility index (Phi) is 4.11. The van der Waals surface area contributed by atoms with Crippen molar-refractivity contribution >= 4 is 24.8 Å². The Morgan fingerprint density at radius 2 is 2.20 bits per heavy atom. The number of aldehydes is 1. The Morgan fingerprint density at radius 3 is 2.50 bits per heavy atom. The maximum atomic E-state index is 10.9. The van der Waals surface area contributed by atoms with Crippen molar-refractivity contribution in [3.63, 3.8) is 0 Å². The Morgan fingerprint density at radius 1 is 1.70 bits per heavy atom. The Hall–Kier alpha value is -0.510. The predicted molar refractivity (Wildman–Crippen MR) is 42.1 cm³/mol. The molecule has 1 unspecified atom stereocenters. The van der Waals surface area contributed by atoms with E-state index in [0.29, 0.717) is 6.29 Å². The van der Waals surface area contributed by atoms with E-state index in [1.165, 1.54) is 4.90 Å². The molecule has 0 aliphatic carbocycles. The molecule has 0 saturated heterocycles. The summed E-state index contributed by atoms with van der Waals surface area (Å²) in [4.78, 5) is 22.3. The van der Waals surface area contributed by atoms with Crippen molar-refractivity contribution < 1.29 is 9.59 Å². The largest absolute Gasteiger partial charge is 0.348 e. The molecule has 10 heavy (non-hydrogen) atoms. The number of nitrogens with zero attached hydrogens (tertiary/aromatic N) is 1. The van der Waals surface area contributed by atoms with Crippen LogP contribution >= 0.6 is 12.6 Å². The topological polar surface area (TPSA) is 37.4 Å². The van der Waals surface area contributed by atoms with Gasteiger partial charge in [0.15, 0.2) is 0 Å². The highest BCUT2D eigenvalue weighted by atomic mass is 32.1. The van der Waals surface area contributed by atoms with Crippen molar-refractivity contribution in [1.82, 2.24) is 4.90 Å². The molecular formula is C6H11NO2S. The lowest BCUT2D eigenvalue weighted by atomic mass is 10.3. The fourth-order valence-corrected chi connectivity index (χ4v) is 0.807. The third-order valence-corrected chi connectivity index (χ3v) is 1.48. The summed E-state index contributed by atoms with van der Waals surface area (Å²) in [5, 5.41) is -0.479. The summed E-state index contributed by atoms with van der Waals surface area (Å²) < 4.78 is 0. The van der Waals surface area contributed by atoms with Crippen LogP contribution in [0, 0.1) is 0 Å². The molecule has 0 aromatic carbocycles. The molecule has 0 saturated carbocycles. The maximum Gasteiger partial charge on any atom is 0.235 e. The van der Waals surface area contributed by atoms with Gasteiger partial charge in [-0.3, -0.25) is 4.79 Å². The average Bonchev–Trinajstić information content (AvgIpc) is 1.87. The first-order chi connectivity index (χ1) is 4.59. The second-order valence-electron chi connectivity index (χ2n) is 2.15. The van der Waals surface area contributed by atoms with Gasteiger partial charge >= 0.3 is 0 Å². The number of amides is 1. The van der Waals surface area contributed by atoms with Crippen LogP contribution in [-0.4, -0.2) is 36.4 Å². The van der Waals surface area contributed by atoms with E-state index in [9.17, 15) is 9.59 Å². The minimum Gasteiger partial charge on any atom is -0.348 e. The van der Waals surface area contributed by atoms with Gasteiger partial charge in [0.05, 0.1) is 5.25 Å². The molecule has 58 valence electrons. The second kappa shape index (κ2) is 4.33. The van der Waals surface area contributed by atoms with Crippen molar-refractivity contribution in [2.45, 2.75) is 11.7 Å². The number of hydrogen-bond acceptors (Lipinski definition) is 3. The monoisotopic (exact) mass is 161 g/mol. The van der Waals surface area contributed by atoms with Crippen LogP contribution in [0.15, 0.2) is 0 Å². The molecule has 3 nitrogen and oxygen atoms in total. The van der Waals surface area contributed by atoms with Gasteiger partial charge < -0.3 is 9.69 Å². The van der Waals surface area contributed by atoms with Gasteiger partial charge in [-0.15, -0.1) is 0 Å². The summed E-state index contributed by atoms with van der Waals surface area (Å²) in [5.74, 6) is -0.129. The summed E-state index contributed by atoms with van der Waals surface area (Å²) in [6.07, 6.45) is 0.874. The summed E-state index contributed by atoms with van der Waals surface area (Å²) in [5.41, 5.74) is 0. The summed E-state index contributed by atoms with van der Waals surface area (Å²) in [6, 6.07) is 0. The zero-order chi connectivity index (χ0) is 8.15. The summed E-state index contributed by atoms with van der Waals surface area (Å²) in [7, 11) is 3.27. The van der Waals surface area contributed by atoms with Crippen molar-refractivity contribution in [1.29, 1.82) is 0 Å². The predicted octanol–water partition coefficient (Wildman–Crippen LogP) is -0.0380. The smallest absolute Gasteiger partial charge is 0.235 e. The van der Waals surface area contributed by atoms with E-state index >= 15 is 0 Å². The Bertz CT molecular complexity index is 136. The lowest BCUT2D eigenvalue weighted by Gasteiger charge is -2.13. The number of carbonyl (C=O) groups excluding carboxylic acids is 2. The van der Waals surface area contributed by atoms with Gasteiger partial charge in [-0.05, 0) is 0 Å². The molecule has 0 rings (SSSR count). The van der Waals surface area contributed by atoms with Gasteiger partial charge in [-0.1, -0.05) is 0 Å². The molecule has 0 fully saturated rings. The van der Waals surface area contributed by atoms with Crippen molar-refractivity contribution in [2.24, 2.45) is 0 Å². The minimum absolute atomic E-state index is 0.129. The molecule has 1 amide bonds. The van der Waals surface area contributed by atoms with Crippen LogP contribution in [0.25, 0.3) is 0 Å². The normalized spacial score (nSPS) is 12.3. The van der Waals surface area contributed by atoms with E-state index in [0.717, 1.165) is 0 Å². The van der Waals surface area contributed by atoms with Gasteiger partial charge in [0.1, 0.15) is 6.29 Å². The standard InChI is InChI=1S/C6H11NO2S/c1-7(2)6(9)5(10)3-4-8/h4-5,10H,3H2,1-2H3. The number of thiol groups is 1. The van der Waals surface area contributed by atoms with Gasteiger partial charge in [0, 0.05) is 20.5 Å². The maximum absolute atomic E-state index is 10.9. The highest BCUT2D eigenvalue weighted by Gasteiger charge is 2.14. The third-order valence-electron chi connectivity index (χ3n) is 1.05. The van der Waals surface area contributed by atoms with Crippen LogP contribution in [0.2, 0.25) is 0 Å². The molecule has 0 aliphatic rings. The van der Waals surface area contributed by atoms with Gasteiger partial charge in [-0.25, -0.2) is 0 Å². The van der Waals surface area contributed by atoms with E-state index in [1.807, 2.05) is 0 Å². The van der Waals surface area contributed by atoms with Crippen LogP contribution in [0.4, 0.5) is 0 Å². The SMILES string of the molecule is CN(C)C(=O)C(S)CC=O. The molecule has 0 aliphatic heterocycles. The minimum atomic E-state index is -0.479. The number of rotatable bonds is 3. The van der Waals surface area contributed by atoms with E-state index < -0.39 is 5.25 Å². The van der Waals surface area contributed by atoms with E-state index in [-0.39, 0.29) is 12.3 Å². The van der Waals surface area contributed by atoms with Gasteiger partial charge in [0.25, 0.3) is 0 Å². The van der Waals surface area contributed by atoms with Gasteiger partial charge in [0.2, 0.25) is 5.91 Å². The highest BCUT2D eigenvalue weighted by molar-refractivity contribution is 7.81. The zero-order valence-corrected chi connectivity index (χ0v) is 6.97. The van der Waals surface area contributed by atoms with E-state index in [4.69, 9.17) is 0 Å². The number of hydrogen-bond donors (Lipinski definition) is 1. The molecule has 0 aromatic heterocycles. The fraction of sp³-hybridized carbons (Fsp3) is 0.667. The van der Waals surface area contributed by atoms with Crippen molar-refractivity contribution in [2.75, 3.05) is 14.1 Å². The molecule has 0 radical (unpaired) electrons. The molecule has 0 aromatic rings. The molecular weight excluding hydrogens is 150 g/mol. The molecule has 0 heterocycles. The third kappa shape index (κ3) is 2.87. The molecule has 0 spiro atoms. The van der Waals surface area contributed by atoms with Gasteiger partial charge in [-0.2, -0.15) is 12.6 Å². The Balaban J connectivity index is 3.81. The molecule has 1 atom stereocenters. The zero-order valence-electron chi connectivity index (χ0n) is 6.07. The highest BCUT2D eigenvalue weighted by Crippen LogP contribution is 2.01. The first-order valence-corrected chi connectivity index (χ1v) is 3.44. The summed E-state index contributed by atoms with van der Waals surface area (Å²) in [6.45, 7) is 0. The van der Waals surface area contributed by atoms with E-state index in [2.05, 4.69) is 12.6 Å². The lowest BCUT2D eigenvalue weighted by molar-refractivity contribution is -0.129. The quantitative estimate of drug-likeness (QED) is 0.466. The molecule has 0 N–H and O–H groups in total. The second-order valence-corrected chi connectivity index (χ2v) is 2.77. The van der Waals surface area contributed by atoms with E-state index in [1.54, 1.807) is 14.1 Å². The van der Waals surface area contributed by atoms with Crippen LogP contribution < -0.4 is 0 Å². The lowest BCUT2D eigenvalue weighted by Crippen LogP contribution is -2.30. The Labute approximate surface area is 65.8 Å². The fourth-order valence-electron chi connectivity index (χ4n) is 0.490. The van der Waals surface area contributed by atoms with Crippen LogP contribution in [-0.2, 0) is 9.59 Å².